The van der Waals surface area contributed by atoms with Crippen molar-refractivity contribution in [3.05, 3.63) is 57.4 Å². The summed E-state index contributed by atoms with van der Waals surface area (Å²) in [4.78, 5) is 12.9. The van der Waals surface area contributed by atoms with Crippen LogP contribution >= 0.6 is 15.9 Å². The van der Waals surface area contributed by atoms with Crippen molar-refractivity contribution < 1.29 is 0 Å². The van der Waals surface area contributed by atoms with Crippen LogP contribution in [-0.2, 0) is 6.54 Å². The van der Waals surface area contributed by atoms with Gasteiger partial charge in [0.15, 0.2) is 0 Å². The van der Waals surface area contributed by atoms with E-state index in [2.05, 4.69) is 27.3 Å². The average molecular weight is 374 g/mol. The molecule has 5 heteroatoms. The van der Waals surface area contributed by atoms with Crippen molar-refractivity contribution in [1.29, 1.82) is 0 Å². The monoisotopic (exact) mass is 373 g/mol. The van der Waals surface area contributed by atoms with Gasteiger partial charge >= 0.3 is 0 Å². The lowest BCUT2D eigenvalue weighted by molar-refractivity contribution is 0.578. The second-order valence-electron chi connectivity index (χ2n) is 5.60. The van der Waals surface area contributed by atoms with Gasteiger partial charge in [0.2, 0.25) is 0 Å². The van der Waals surface area contributed by atoms with Crippen LogP contribution in [0.4, 0.5) is 0 Å². The van der Waals surface area contributed by atoms with Crippen LogP contribution in [0.15, 0.2) is 51.9 Å². The first-order valence-electron chi connectivity index (χ1n) is 7.83. The second-order valence-corrected chi connectivity index (χ2v) is 6.52. The number of fused-ring (bicyclic) bond motifs is 3. The van der Waals surface area contributed by atoms with Gasteiger partial charge in [0.25, 0.3) is 5.56 Å². The number of hydrogen-bond donors (Lipinski definition) is 2. The van der Waals surface area contributed by atoms with Crippen LogP contribution in [0.3, 0.4) is 0 Å². The number of rotatable bonds is 6. The van der Waals surface area contributed by atoms with Crippen LogP contribution in [0, 0.1) is 0 Å². The molecule has 3 aromatic rings. The van der Waals surface area contributed by atoms with E-state index in [4.69, 9.17) is 5.73 Å². The number of pyridine rings is 1. The fourth-order valence-electron chi connectivity index (χ4n) is 2.80. The molecular weight excluding hydrogens is 354 g/mol. The van der Waals surface area contributed by atoms with Crippen LogP contribution in [0.2, 0.25) is 0 Å². The smallest absolute Gasteiger partial charge is 0.259 e. The second kappa shape index (κ2) is 7.25. The number of benzene rings is 2. The number of nitrogens with one attached hydrogen (secondary N) is 1. The molecule has 0 amide bonds. The molecule has 0 unspecified atom stereocenters. The fourth-order valence-corrected chi connectivity index (χ4v) is 3.16. The molecule has 3 rings (SSSR count). The van der Waals surface area contributed by atoms with Crippen LogP contribution in [0.25, 0.3) is 21.5 Å². The maximum atomic E-state index is 12.9. The van der Waals surface area contributed by atoms with Gasteiger partial charge in [-0.05, 0) is 53.9 Å². The highest BCUT2D eigenvalue weighted by molar-refractivity contribution is 9.10. The fraction of sp³-hybridized carbons (Fsp3) is 0.278. The van der Waals surface area contributed by atoms with E-state index in [1.54, 1.807) is 4.57 Å². The molecule has 0 aliphatic carbocycles. The summed E-state index contributed by atoms with van der Waals surface area (Å²) in [5.41, 5.74) is 5.54. The van der Waals surface area contributed by atoms with E-state index in [0.717, 1.165) is 45.5 Å². The third-order valence-corrected chi connectivity index (χ3v) is 4.50. The van der Waals surface area contributed by atoms with Gasteiger partial charge in [-0.15, -0.1) is 0 Å². The largest absolute Gasteiger partial charge is 0.330 e. The molecule has 2 aromatic carbocycles. The number of nitrogens with zero attached hydrogens (tertiary/aromatic N) is 1. The first-order valence-corrected chi connectivity index (χ1v) is 8.62. The molecular formula is C18H20BrN3O. The Morgan fingerprint density at radius 2 is 1.87 bits per heavy atom. The van der Waals surface area contributed by atoms with Crippen LogP contribution < -0.4 is 16.6 Å². The van der Waals surface area contributed by atoms with Crippen molar-refractivity contribution in [3.63, 3.8) is 0 Å². The molecule has 0 bridgehead atoms. The molecule has 0 radical (unpaired) electrons. The summed E-state index contributed by atoms with van der Waals surface area (Å²) in [5, 5.41) is 7.15. The number of hydrogen-bond acceptors (Lipinski definition) is 3. The van der Waals surface area contributed by atoms with Gasteiger partial charge < -0.3 is 15.6 Å². The third kappa shape index (κ3) is 3.47. The first-order chi connectivity index (χ1) is 11.2. The zero-order valence-corrected chi connectivity index (χ0v) is 14.5. The van der Waals surface area contributed by atoms with E-state index in [1.165, 1.54) is 0 Å². The van der Waals surface area contributed by atoms with Crippen molar-refractivity contribution >= 4 is 37.5 Å². The Kier molecular flexibility index (Phi) is 5.10. The summed E-state index contributed by atoms with van der Waals surface area (Å²) in [5.74, 6) is 0. The molecule has 120 valence electrons. The highest BCUT2D eigenvalue weighted by Gasteiger charge is 2.07. The number of aromatic nitrogens is 1. The molecule has 1 heterocycles. The Bertz CT molecular complexity index is 888. The standard InChI is InChI=1S/C18H20BrN3O/c19-15-5-4-13-2-3-14-6-10-22(11-9-21-8-1-7-20)18(23)17(14)16(13)12-15/h2-6,10,12,21H,1,7-9,11,20H2. The molecule has 1 aromatic heterocycles. The highest BCUT2D eigenvalue weighted by Crippen LogP contribution is 2.25. The molecule has 4 nitrogen and oxygen atoms in total. The lowest BCUT2D eigenvalue weighted by Gasteiger charge is -2.10. The molecule has 0 aliphatic rings. The van der Waals surface area contributed by atoms with Gasteiger partial charge in [0.05, 0.1) is 5.39 Å². The maximum Gasteiger partial charge on any atom is 0.259 e. The minimum absolute atomic E-state index is 0.0619. The summed E-state index contributed by atoms with van der Waals surface area (Å²) in [6, 6.07) is 12.1. The SMILES string of the molecule is NCCCNCCn1ccc2ccc3ccc(Br)cc3c2c1=O. The Hall–Kier alpha value is -1.69. The predicted octanol–water partition coefficient (Wildman–Crippen LogP) is 2.86. The van der Waals surface area contributed by atoms with Crippen LogP contribution in [-0.4, -0.2) is 24.2 Å². The molecule has 0 aliphatic heterocycles. The van der Waals surface area contributed by atoms with Gasteiger partial charge in [0.1, 0.15) is 0 Å². The van der Waals surface area contributed by atoms with E-state index in [1.807, 2.05) is 36.5 Å². The third-order valence-electron chi connectivity index (χ3n) is 4.01. The topological polar surface area (TPSA) is 60.0 Å². The van der Waals surface area contributed by atoms with E-state index in [0.29, 0.717) is 13.1 Å². The van der Waals surface area contributed by atoms with Crippen molar-refractivity contribution in [2.24, 2.45) is 5.73 Å². The zero-order chi connectivity index (χ0) is 16.2. The molecule has 0 fully saturated rings. The molecule has 23 heavy (non-hydrogen) atoms. The Labute approximate surface area is 143 Å². The van der Waals surface area contributed by atoms with Gasteiger partial charge in [-0.3, -0.25) is 4.79 Å². The summed E-state index contributed by atoms with van der Waals surface area (Å²) in [6.07, 6.45) is 2.82. The van der Waals surface area contributed by atoms with Gasteiger partial charge in [-0.1, -0.05) is 34.1 Å². The summed E-state index contributed by atoms with van der Waals surface area (Å²) in [7, 11) is 0. The summed E-state index contributed by atoms with van der Waals surface area (Å²) < 4.78 is 2.76. The summed E-state index contributed by atoms with van der Waals surface area (Å²) >= 11 is 3.50. The maximum absolute atomic E-state index is 12.9. The van der Waals surface area contributed by atoms with Crippen molar-refractivity contribution in [2.45, 2.75) is 13.0 Å². The normalized spacial score (nSPS) is 11.4. The van der Waals surface area contributed by atoms with Gasteiger partial charge in [-0.2, -0.15) is 0 Å². The van der Waals surface area contributed by atoms with Crippen molar-refractivity contribution in [3.8, 4) is 0 Å². The van der Waals surface area contributed by atoms with Crippen molar-refractivity contribution in [1.82, 2.24) is 9.88 Å². The lowest BCUT2D eigenvalue weighted by atomic mass is 10.0. The van der Waals surface area contributed by atoms with Gasteiger partial charge in [0, 0.05) is 23.8 Å². The Morgan fingerprint density at radius 1 is 1.09 bits per heavy atom. The number of nitrogens with two attached hydrogens (primary N) is 1. The van der Waals surface area contributed by atoms with Crippen LogP contribution in [0.5, 0.6) is 0 Å². The van der Waals surface area contributed by atoms with E-state index < -0.39 is 0 Å². The predicted molar refractivity (Wildman–Crippen MR) is 100.0 cm³/mol. The Morgan fingerprint density at radius 3 is 2.70 bits per heavy atom. The van der Waals surface area contributed by atoms with E-state index in [-0.39, 0.29) is 5.56 Å². The highest BCUT2D eigenvalue weighted by atomic mass is 79.9. The average Bonchev–Trinajstić information content (AvgIpc) is 2.56. The number of halogens is 1. The van der Waals surface area contributed by atoms with Crippen LogP contribution in [0.1, 0.15) is 6.42 Å². The molecule has 0 saturated carbocycles. The lowest BCUT2D eigenvalue weighted by Crippen LogP contribution is -2.28. The Balaban J connectivity index is 1.98. The molecule has 0 atom stereocenters. The minimum Gasteiger partial charge on any atom is -0.330 e. The minimum atomic E-state index is 0.0619. The summed E-state index contributed by atoms with van der Waals surface area (Å²) in [6.45, 7) is 2.99. The van der Waals surface area contributed by atoms with E-state index >= 15 is 0 Å². The molecule has 0 saturated heterocycles. The zero-order valence-electron chi connectivity index (χ0n) is 12.9. The van der Waals surface area contributed by atoms with Gasteiger partial charge in [-0.25, -0.2) is 0 Å². The first kappa shape index (κ1) is 16.2. The van der Waals surface area contributed by atoms with E-state index in [9.17, 15) is 4.79 Å². The van der Waals surface area contributed by atoms with Crippen molar-refractivity contribution in [2.75, 3.05) is 19.6 Å². The molecule has 3 N–H and O–H groups in total. The quantitative estimate of drug-likeness (QED) is 0.515. The molecule has 0 spiro atoms.